The molecule has 2 N–H and O–H groups in total. The lowest BCUT2D eigenvalue weighted by Gasteiger charge is -2.13. The van der Waals surface area contributed by atoms with Gasteiger partial charge in [0.05, 0.1) is 11.8 Å². The van der Waals surface area contributed by atoms with E-state index in [0.717, 1.165) is 28.0 Å². The molecule has 3 aromatic carbocycles. The van der Waals surface area contributed by atoms with Gasteiger partial charge in [-0.2, -0.15) is 0 Å². The number of carbonyl (C=O) groups is 1. The first-order valence-electron chi connectivity index (χ1n) is 9.84. The summed E-state index contributed by atoms with van der Waals surface area (Å²) >= 11 is 7.40. The summed E-state index contributed by atoms with van der Waals surface area (Å²) in [7, 11) is 1.90. The SMILES string of the molecule is C[C@@H](Sc1nnc(CNc2cccc(Cl)c2)n1C)C(=O)Nc1cccc2ccccc12. The first-order valence-corrected chi connectivity index (χ1v) is 11.1. The number of carbonyl (C=O) groups excluding carboxylic acids is 1. The van der Waals surface area contributed by atoms with Gasteiger partial charge < -0.3 is 15.2 Å². The average Bonchev–Trinajstić information content (AvgIpc) is 3.11. The van der Waals surface area contributed by atoms with Gasteiger partial charge >= 0.3 is 0 Å². The van der Waals surface area contributed by atoms with Crippen molar-refractivity contribution in [2.24, 2.45) is 7.05 Å². The molecule has 0 aliphatic heterocycles. The van der Waals surface area contributed by atoms with Crippen LogP contribution in [0.1, 0.15) is 12.7 Å². The summed E-state index contributed by atoms with van der Waals surface area (Å²) in [4.78, 5) is 12.8. The highest BCUT2D eigenvalue weighted by molar-refractivity contribution is 8.00. The van der Waals surface area contributed by atoms with Gasteiger partial charge in [-0.25, -0.2) is 0 Å². The fourth-order valence-electron chi connectivity index (χ4n) is 3.16. The summed E-state index contributed by atoms with van der Waals surface area (Å²) in [5, 5.41) is 18.0. The maximum atomic E-state index is 12.8. The van der Waals surface area contributed by atoms with Crippen LogP contribution in [0.5, 0.6) is 0 Å². The summed E-state index contributed by atoms with van der Waals surface area (Å²) in [6, 6.07) is 21.4. The van der Waals surface area contributed by atoms with Crippen LogP contribution in [-0.4, -0.2) is 25.9 Å². The maximum Gasteiger partial charge on any atom is 0.237 e. The van der Waals surface area contributed by atoms with Crippen LogP contribution >= 0.6 is 23.4 Å². The molecule has 1 aromatic heterocycles. The molecule has 0 aliphatic carbocycles. The standard InChI is InChI=1S/C23H22ClN5OS/c1-15(22(30)26-20-12-5-8-16-7-3-4-11-19(16)20)31-23-28-27-21(29(23)2)14-25-18-10-6-9-17(24)13-18/h3-13,15,25H,14H2,1-2H3,(H,26,30)/t15-/m1/s1. The molecule has 0 saturated heterocycles. The largest absolute Gasteiger partial charge is 0.378 e. The fourth-order valence-corrected chi connectivity index (χ4v) is 4.19. The molecular formula is C23H22ClN5OS. The molecule has 0 fully saturated rings. The van der Waals surface area contributed by atoms with Crippen molar-refractivity contribution in [2.45, 2.75) is 23.9 Å². The van der Waals surface area contributed by atoms with Crippen molar-refractivity contribution in [3.05, 3.63) is 77.6 Å². The summed E-state index contributed by atoms with van der Waals surface area (Å²) in [6.07, 6.45) is 0. The normalized spacial score (nSPS) is 12.0. The topological polar surface area (TPSA) is 71.8 Å². The van der Waals surface area contributed by atoms with E-state index in [4.69, 9.17) is 11.6 Å². The molecule has 4 rings (SSSR count). The Labute approximate surface area is 190 Å². The number of nitrogens with zero attached hydrogens (tertiary/aromatic N) is 3. The number of benzene rings is 3. The van der Waals surface area contributed by atoms with E-state index in [1.165, 1.54) is 11.8 Å². The summed E-state index contributed by atoms with van der Waals surface area (Å²) in [5.74, 6) is 0.687. The van der Waals surface area contributed by atoms with E-state index in [1.807, 2.05) is 85.3 Å². The Bertz CT molecular complexity index is 1220. The van der Waals surface area contributed by atoms with Gasteiger partial charge in [-0.05, 0) is 36.6 Å². The van der Waals surface area contributed by atoms with Gasteiger partial charge in [0.2, 0.25) is 5.91 Å². The van der Waals surface area contributed by atoms with E-state index in [2.05, 4.69) is 20.8 Å². The number of aromatic nitrogens is 3. The predicted octanol–water partition coefficient (Wildman–Crippen LogP) is 5.35. The van der Waals surface area contributed by atoms with Crippen LogP contribution in [0.3, 0.4) is 0 Å². The zero-order chi connectivity index (χ0) is 21.8. The van der Waals surface area contributed by atoms with Gasteiger partial charge in [0.1, 0.15) is 0 Å². The monoisotopic (exact) mass is 451 g/mol. The number of hydrogen-bond acceptors (Lipinski definition) is 5. The Morgan fingerprint density at radius 3 is 2.71 bits per heavy atom. The number of fused-ring (bicyclic) bond motifs is 1. The number of anilines is 2. The maximum absolute atomic E-state index is 12.8. The van der Waals surface area contributed by atoms with E-state index in [-0.39, 0.29) is 11.2 Å². The number of nitrogens with one attached hydrogen (secondary N) is 2. The number of halogens is 1. The van der Waals surface area contributed by atoms with Crippen LogP contribution < -0.4 is 10.6 Å². The molecule has 6 nitrogen and oxygen atoms in total. The first-order chi connectivity index (χ1) is 15.0. The molecule has 0 radical (unpaired) electrons. The third-order valence-electron chi connectivity index (χ3n) is 4.90. The van der Waals surface area contributed by atoms with Crippen molar-refractivity contribution in [1.82, 2.24) is 14.8 Å². The van der Waals surface area contributed by atoms with Crippen LogP contribution in [0, 0.1) is 0 Å². The van der Waals surface area contributed by atoms with Gasteiger partial charge in [0.15, 0.2) is 11.0 Å². The molecule has 158 valence electrons. The van der Waals surface area contributed by atoms with E-state index in [1.54, 1.807) is 0 Å². The minimum Gasteiger partial charge on any atom is -0.378 e. The van der Waals surface area contributed by atoms with E-state index in [0.29, 0.717) is 16.7 Å². The van der Waals surface area contributed by atoms with Gasteiger partial charge in [0, 0.05) is 28.8 Å². The minimum absolute atomic E-state index is 0.0806. The highest BCUT2D eigenvalue weighted by Crippen LogP contribution is 2.26. The molecule has 1 atom stereocenters. The Kier molecular flexibility index (Phi) is 6.44. The molecule has 1 heterocycles. The number of thioether (sulfide) groups is 1. The molecular weight excluding hydrogens is 430 g/mol. The van der Waals surface area contributed by atoms with E-state index < -0.39 is 0 Å². The van der Waals surface area contributed by atoms with Crippen LogP contribution in [0.2, 0.25) is 5.02 Å². The fraction of sp³-hybridized carbons (Fsp3) is 0.174. The van der Waals surface area contributed by atoms with Gasteiger partial charge in [-0.1, -0.05) is 65.8 Å². The second-order valence-corrected chi connectivity index (χ2v) is 8.84. The van der Waals surface area contributed by atoms with Crippen LogP contribution in [0.25, 0.3) is 10.8 Å². The molecule has 1 amide bonds. The predicted molar refractivity (Wildman–Crippen MR) is 128 cm³/mol. The molecule has 0 bridgehead atoms. The third kappa shape index (κ3) is 5.00. The number of amides is 1. The second kappa shape index (κ2) is 9.41. The zero-order valence-corrected chi connectivity index (χ0v) is 18.7. The Morgan fingerprint density at radius 2 is 1.87 bits per heavy atom. The van der Waals surface area contributed by atoms with Crippen LogP contribution in [0.4, 0.5) is 11.4 Å². The minimum atomic E-state index is -0.337. The first kappa shape index (κ1) is 21.2. The highest BCUT2D eigenvalue weighted by atomic mass is 35.5. The lowest BCUT2D eigenvalue weighted by molar-refractivity contribution is -0.115. The van der Waals surface area contributed by atoms with Crippen molar-refractivity contribution in [3.63, 3.8) is 0 Å². The van der Waals surface area contributed by atoms with Crippen molar-refractivity contribution >= 4 is 51.4 Å². The lowest BCUT2D eigenvalue weighted by atomic mass is 10.1. The zero-order valence-electron chi connectivity index (χ0n) is 17.2. The van der Waals surface area contributed by atoms with Crippen molar-refractivity contribution in [3.8, 4) is 0 Å². The molecule has 0 aliphatic rings. The average molecular weight is 452 g/mol. The highest BCUT2D eigenvalue weighted by Gasteiger charge is 2.19. The molecule has 8 heteroatoms. The van der Waals surface area contributed by atoms with E-state index in [9.17, 15) is 4.79 Å². The van der Waals surface area contributed by atoms with Crippen LogP contribution in [0.15, 0.2) is 71.9 Å². The molecule has 4 aromatic rings. The van der Waals surface area contributed by atoms with E-state index >= 15 is 0 Å². The summed E-state index contributed by atoms with van der Waals surface area (Å²) in [6.45, 7) is 2.37. The lowest BCUT2D eigenvalue weighted by Crippen LogP contribution is -2.23. The molecule has 0 saturated carbocycles. The number of hydrogen-bond donors (Lipinski definition) is 2. The smallest absolute Gasteiger partial charge is 0.237 e. The van der Waals surface area contributed by atoms with Crippen molar-refractivity contribution in [2.75, 3.05) is 10.6 Å². The molecule has 0 unspecified atom stereocenters. The third-order valence-corrected chi connectivity index (χ3v) is 6.27. The molecule has 31 heavy (non-hydrogen) atoms. The van der Waals surface area contributed by atoms with Crippen molar-refractivity contribution < 1.29 is 4.79 Å². The molecule has 0 spiro atoms. The van der Waals surface area contributed by atoms with Gasteiger partial charge in [-0.3, -0.25) is 4.79 Å². The Balaban J connectivity index is 1.40. The Hall–Kier alpha value is -3.03. The number of rotatable bonds is 7. The summed E-state index contributed by atoms with van der Waals surface area (Å²) in [5.41, 5.74) is 1.72. The summed E-state index contributed by atoms with van der Waals surface area (Å²) < 4.78 is 1.89. The second-order valence-electron chi connectivity index (χ2n) is 7.10. The Morgan fingerprint density at radius 1 is 1.10 bits per heavy atom. The van der Waals surface area contributed by atoms with Gasteiger partial charge in [-0.15, -0.1) is 10.2 Å². The van der Waals surface area contributed by atoms with Crippen LogP contribution in [-0.2, 0) is 18.4 Å². The van der Waals surface area contributed by atoms with Gasteiger partial charge in [0.25, 0.3) is 0 Å². The van der Waals surface area contributed by atoms with Crippen molar-refractivity contribution in [1.29, 1.82) is 0 Å². The quantitative estimate of drug-likeness (QED) is 0.370.